The van der Waals surface area contributed by atoms with Gasteiger partial charge in [-0.1, -0.05) is 48.5 Å². The summed E-state index contributed by atoms with van der Waals surface area (Å²) in [5.74, 6) is 0.0996. The molecule has 0 aliphatic carbocycles. The summed E-state index contributed by atoms with van der Waals surface area (Å²) < 4.78 is 0. The third-order valence-electron chi connectivity index (χ3n) is 4.46. The Morgan fingerprint density at radius 3 is 2.64 bits per heavy atom. The molecule has 4 rings (SSSR count). The number of fused-ring (bicyclic) bond motifs is 1. The quantitative estimate of drug-likeness (QED) is 0.756. The maximum atomic E-state index is 12.9. The minimum Gasteiger partial charge on any atom is -0.351 e. The predicted octanol–water partition coefficient (Wildman–Crippen LogP) is 4.15. The molecule has 1 saturated heterocycles. The van der Waals surface area contributed by atoms with Gasteiger partial charge in [-0.05, 0) is 30.5 Å². The fourth-order valence-electron chi connectivity index (χ4n) is 3.37. The number of rotatable bonds is 2. The molecule has 2 heterocycles. The molecule has 0 unspecified atom stereocenters. The average Bonchev–Trinajstić information content (AvgIpc) is 3.21. The van der Waals surface area contributed by atoms with Crippen molar-refractivity contribution < 1.29 is 4.79 Å². The van der Waals surface area contributed by atoms with Crippen LogP contribution in [0.4, 0.5) is 0 Å². The Labute approximate surface area is 129 Å². The number of nitrogens with one attached hydrogen (secondary N) is 1. The summed E-state index contributed by atoms with van der Waals surface area (Å²) >= 11 is 0. The molecule has 3 aromatic rings. The number of likely N-dealkylation sites (tertiary alicyclic amines) is 1. The van der Waals surface area contributed by atoms with Crippen LogP contribution in [0.1, 0.15) is 34.9 Å². The van der Waals surface area contributed by atoms with E-state index in [1.165, 1.54) is 5.56 Å². The number of para-hydroxylation sites is 1. The van der Waals surface area contributed by atoms with Crippen molar-refractivity contribution in [1.82, 2.24) is 9.88 Å². The van der Waals surface area contributed by atoms with E-state index in [1.807, 2.05) is 53.4 Å². The Bertz CT molecular complexity index is 773. The van der Waals surface area contributed by atoms with Crippen LogP contribution in [0.2, 0.25) is 0 Å². The van der Waals surface area contributed by atoms with Crippen LogP contribution in [-0.2, 0) is 0 Å². The summed E-state index contributed by atoms with van der Waals surface area (Å²) in [7, 11) is 0. The number of carbonyl (C=O) groups is 1. The second-order valence-corrected chi connectivity index (χ2v) is 5.84. The number of aromatic nitrogens is 1. The molecule has 1 aliphatic rings. The zero-order chi connectivity index (χ0) is 14.9. The first-order valence-corrected chi connectivity index (χ1v) is 7.76. The summed E-state index contributed by atoms with van der Waals surface area (Å²) in [6, 6.07) is 20.5. The van der Waals surface area contributed by atoms with Gasteiger partial charge in [-0.25, -0.2) is 0 Å². The first-order valence-electron chi connectivity index (χ1n) is 7.76. The summed E-state index contributed by atoms with van der Waals surface area (Å²) in [6.45, 7) is 0.827. The van der Waals surface area contributed by atoms with Crippen LogP contribution < -0.4 is 0 Å². The number of carbonyl (C=O) groups excluding carboxylic acids is 1. The van der Waals surface area contributed by atoms with Gasteiger partial charge in [0.25, 0.3) is 5.91 Å². The minimum absolute atomic E-state index is 0.0996. The van der Waals surface area contributed by atoms with Crippen LogP contribution in [-0.4, -0.2) is 22.3 Å². The van der Waals surface area contributed by atoms with E-state index >= 15 is 0 Å². The fourth-order valence-corrected chi connectivity index (χ4v) is 3.37. The monoisotopic (exact) mass is 290 g/mol. The highest BCUT2D eigenvalue weighted by Gasteiger charge is 2.31. The van der Waals surface area contributed by atoms with E-state index in [0.29, 0.717) is 5.69 Å². The van der Waals surface area contributed by atoms with E-state index in [9.17, 15) is 4.79 Å². The highest BCUT2D eigenvalue weighted by Crippen LogP contribution is 2.33. The molecule has 0 radical (unpaired) electrons. The summed E-state index contributed by atoms with van der Waals surface area (Å²) in [5, 5.41) is 1.08. The van der Waals surface area contributed by atoms with Gasteiger partial charge in [-0.2, -0.15) is 0 Å². The van der Waals surface area contributed by atoms with Gasteiger partial charge in [0, 0.05) is 17.4 Å². The smallest absolute Gasteiger partial charge is 0.270 e. The lowest BCUT2D eigenvalue weighted by Crippen LogP contribution is -2.30. The van der Waals surface area contributed by atoms with Gasteiger partial charge in [-0.3, -0.25) is 4.79 Å². The van der Waals surface area contributed by atoms with E-state index in [-0.39, 0.29) is 11.9 Å². The van der Waals surface area contributed by atoms with Crippen LogP contribution in [0.5, 0.6) is 0 Å². The number of benzene rings is 2. The summed E-state index contributed by atoms with van der Waals surface area (Å²) in [6.07, 6.45) is 2.10. The lowest BCUT2D eigenvalue weighted by molar-refractivity contribution is 0.0730. The normalized spacial score (nSPS) is 18.0. The minimum atomic E-state index is 0.0996. The van der Waals surface area contributed by atoms with E-state index in [4.69, 9.17) is 0 Å². The molecule has 0 spiro atoms. The number of amides is 1. The number of H-pyrrole nitrogens is 1. The molecule has 1 aromatic heterocycles. The predicted molar refractivity (Wildman–Crippen MR) is 87.8 cm³/mol. The second-order valence-electron chi connectivity index (χ2n) is 5.84. The molecule has 1 atom stereocenters. The van der Waals surface area contributed by atoms with Crippen LogP contribution >= 0.6 is 0 Å². The first-order chi connectivity index (χ1) is 10.8. The van der Waals surface area contributed by atoms with Crippen molar-refractivity contribution in [3.63, 3.8) is 0 Å². The highest BCUT2D eigenvalue weighted by atomic mass is 16.2. The molecule has 1 N–H and O–H groups in total. The van der Waals surface area contributed by atoms with E-state index in [1.54, 1.807) is 0 Å². The van der Waals surface area contributed by atoms with Crippen molar-refractivity contribution in [2.75, 3.05) is 6.54 Å². The van der Waals surface area contributed by atoms with E-state index < -0.39 is 0 Å². The molecule has 3 nitrogen and oxygen atoms in total. The average molecular weight is 290 g/mol. The van der Waals surface area contributed by atoms with Crippen LogP contribution in [0, 0.1) is 0 Å². The van der Waals surface area contributed by atoms with Gasteiger partial charge in [0.2, 0.25) is 0 Å². The summed E-state index contributed by atoms with van der Waals surface area (Å²) in [4.78, 5) is 18.1. The lowest BCUT2D eigenvalue weighted by Gasteiger charge is -2.24. The van der Waals surface area contributed by atoms with Crippen molar-refractivity contribution in [2.45, 2.75) is 18.9 Å². The maximum Gasteiger partial charge on any atom is 0.270 e. The molecule has 0 bridgehead atoms. The van der Waals surface area contributed by atoms with Crippen molar-refractivity contribution in [2.24, 2.45) is 0 Å². The van der Waals surface area contributed by atoms with Gasteiger partial charge in [0.05, 0.1) is 6.04 Å². The maximum absolute atomic E-state index is 12.9. The topological polar surface area (TPSA) is 36.1 Å². The lowest BCUT2D eigenvalue weighted by atomic mass is 10.0. The van der Waals surface area contributed by atoms with Crippen molar-refractivity contribution >= 4 is 16.8 Å². The molecular weight excluding hydrogens is 272 g/mol. The van der Waals surface area contributed by atoms with Gasteiger partial charge in [-0.15, -0.1) is 0 Å². The Balaban J connectivity index is 1.66. The summed E-state index contributed by atoms with van der Waals surface area (Å²) in [5.41, 5.74) is 2.93. The Morgan fingerprint density at radius 2 is 1.82 bits per heavy atom. The fraction of sp³-hybridized carbons (Fsp3) is 0.211. The zero-order valence-corrected chi connectivity index (χ0v) is 12.3. The SMILES string of the molecule is O=C(c1cc2ccccc2[nH]1)N1CCC[C@@H]1c1ccccc1. The molecule has 1 amide bonds. The van der Waals surface area contributed by atoms with Crippen molar-refractivity contribution in [3.8, 4) is 0 Å². The molecule has 1 fully saturated rings. The molecule has 22 heavy (non-hydrogen) atoms. The van der Waals surface area contributed by atoms with E-state index in [2.05, 4.69) is 17.1 Å². The molecule has 110 valence electrons. The standard InChI is InChI=1S/C19H18N2O/c22-19(17-13-15-9-4-5-10-16(15)20-17)21-12-6-11-18(21)14-7-2-1-3-8-14/h1-5,7-10,13,18,20H,6,11-12H2/t18-/m1/s1. The Morgan fingerprint density at radius 1 is 1.05 bits per heavy atom. The molecule has 1 aliphatic heterocycles. The number of aromatic amines is 1. The zero-order valence-electron chi connectivity index (χ0n) is 12.3. The van der Waals surface area contributed by atoms with Gasteiger partial charge >= 0.3 is 0 Å². The molecule has 2 aromatic carbocycles. The van der Waals surface area contributed by atoms with Gasteiger partial charge in [0.15, 0.2) is 0 Å². The first kappa shape index (κ1) is 13.1. The van der Waals surface area contributed by atoms with Gasteiger partial charge in [0.1, 0.15) is 5.69 Å². The van der Waals surface area contributed by atoms with Crippen molar-refractivity contribution in [3.05, 3.63) is 71.9 Å². The molecule has 0 saturated carbocycles. The van der Waals surface area contributed by atoms with Crippen LogP contribution in [0.15, 0.2) is 60.7 Å². The van der Waals surface area contributed by atoms with Gasteiger partial charge < -0.3 is 9.88 Å². The van der Waals surface area contributed by atoms with Crippen molar-refractivity contribution in [1.29, 1.82) is 0 Å². The largest absolute Gasteiger partial charge is 0.351 e. The number of hydrogen-bond donors (Lipinski definition) is 1. The second kappa shape index (κ2) is 5.34. The Kier molecular flexibility index (Phi) is 3.19. The number of nitrogens with zero attached hydrogens (tertiary/aromatic N) is 1. The third-order valence-corrected chi connectivity index (χ3v) is 4.46. The number of hydrogen-bond acceptors (Lipinski definition) is 1. The van der Waals surface area contributed by atoms with Crippen LogP contribution in [0.25, 0.3) is 10.9 Å². The Hall–Kier alpha value is -2.55. The highest BCUT2D eigenvalue weighted by molar-refractivity contribution is 5.98. The van der Waals surface area contributed by atoms with E-state index in [0.717, 1.165) is 30.3 Å². The molecule has 3 heteroatoms. The molecular formula is C19H18N2O. The van der Waals surface area contributed by atoms with Crippen LogP contribution in [0.3, 0.4) is 0 Å². The third kappa shape index (κ3) is 2.19.